The van der Waals surface area contributed by atoms with Crippen LogP contribution < -0.4 is 14.9 Å². The van der Waals surface area contributed by atoms with Gasteiger partial charge in [-0.05, 0) is 50.6 Å². The molecule has 2 aromatic heterocycles. The lowest BCUT2D eigenvalue weighted by Crippen LogP contribution is -2.40. The fraction of sp³-hybridized carbons (Fsp3) is 0.179. The van der Waals surface area contributed by atoms with Crippen LogP contribution in [-0.2, 0) is 9.53 Å². The molecule has 0 radical (unpaired) electrons. The van der Waals surface area contributed by atoms with Crippen molar-refractivity contribution in [1.29, 1.82) is 0 Å². The fourth-order valence-electron chi connectivity index (χ4n) is 4.01. The van der Waals surface area contributed by atoms with Crippen LogP contribution in [0, 0.1) is 0 Å². The number of hydrogen-bond acceptors (Lipinski definition) is 7. The molecule has 0 fully saturated rings. The number of furan rings is 1. The first-order valence-corrected chi connectivity index (χ1v) is 13.1. The van der Waals surface area contributed by atoms with Gasteiger partial charge in [-0.2, -0.15) is 0 Å². The minimum absolute atomic E-state index is 0.233. The Balaban J connectivity index is 1.58. The molecule has 0 N–H and O–H groups in total. The van der Waals surface area contributed by atoms with Crippen molar-refractivity contribution in [3.8, 4) is 0 Å². The maximum Gasteiger partial charge on any atom is 0.338 e. The molecule has 182 valence electrons. The van der Waals surface area contributed by atoms with E-state index in [-0.39, 0.29) is 11.7 Å². The van der Waals surface area contributed by atoms with E-state index in [1.807, 2.05) is 72.8 Å². The van der Waals surface area contributed by atoms with E-state index in [0.29, 0.717) is 26.4 Å². The Morgan fingerprint density at radius 3 is 2.47 bits per heavy atom. The second-order valence-electron chi connectivity index (χ2n) is 8.52. The summed E-state index contributed by atoms with van der Waals surface area (Å²) < 4.78 is 13.6. The van der Waals surface area contributed by atoms with Crippen LogP contribution in [0.4, 0.5) is 0 Å². The van der Waals surface area contributed by atoms with Crippen LogP contribution in [0.2, 0.25) is 0 Å². The number of fused-ring (bicyclic) bond motifs is 1. The van der Waals surface area contributed by atoms with Gasteiger partial charge >= 0.3 is 5.97 Å². The Labute approximate surface area is 216 Å². The van der Waals surface area contributed by atoms with Gasteiger partial charge in [0, 0.05) is 11.0 Å². The third-order valence-electron chi connectivity index (χ3n) is 5.54. The first kappa shape index (κ1) is 24.1. The van der Waals surface area contributed by atoms with Crippen LogP contribution in [0.1, 0.15) is 38.1 Å². The van der Waals surface area contributed by atoms with Gasteiger partial charge < -0.3 is 9.15 Å². The van der Waals surface area contributed by atoms with E-state index in [1.54, 1.807) is 31.4 Å². The molecular weight excluding hydrogens is 492 g/mol. The molecule has 0 spiro atoms. The lowest BCUT2D eigenvalue weighted by atomic mass is 9.96. The number of nitrogens with zero attached hydrogens (tertiary/aromatic N) is 2. The predicted molar refractivity (Wildman–Crippen MR) is 141 cm³/mol. The maximum atomic E-state index is 13.7. The number of carbonyl (C=O) groups excluding carboxylic acids is 1. The molecule has 5 rings (SSSR count). The zero-order valence-electron chi connectivity index (χ0n) is 20.0. The normalized spacial score (nSPS) is 15.7. The summed E-state index contributed by atoms with van der Waals surface area (Å²) in [5.41, 5.74) is 1.49. The summed E-state index contributed by atoms with van der Waals surface area (Å²) in [6.45, 7) is 5.38. The molecule has 0 saturated carbocycles. The van der Waals surface area contributed by atoms with Gasteiger partial charge in [0.05, 0.1) is 27.9 Å². The van der Waals surface area contributed by atoms with Crippen molar-refractivity contribution in [2.75, 3.05) is 0 Å². The molecule has 6 nitrogen and oxygen atoms in total. The average molecular weight is 517 g/mol. The summed E-state index contributed by atoms with van der Waals surface area (Å²) in [7, 11) is 0. The quantitative estimate of drug-likeness (QED) is 0.340. The summed E-state index contributed by atoms with van der Waals surface area (Å²) in [6, 6.07) is 22.5. The summed E-state index contributed by atoms with van der Waals surface area (Å²) in [6.07, 6.45) is 1.44. The topological polar surface area (TPSA) is 73.8 Å². The van der Waals surface area contributed by atoms with Gasteiger partial charge in [0.1, 0.15) is 5.76 Å². The molecule has 4 aromatic rings. The molecule has 0 amide bonds. The monoisotopic (exact) mass is 516 g/mol. The van der Waals surface area contributed by atoms with Crippen LogP contribution in [0.3, 0.4) is 0 Å². The summed E-state index contributed by atoms with van der Waals surface area (Å²) in [4.78, 5) is 33.0. The highest BCUT2D eigenvalue weighted by Crippen LogP contribution is 2.31. The molecule has 8 heteroatoms. The van der Waals surface area contributed by atoms with Crippen LogP contribution in [-0.4, -0.2) is 16.6 Å². The lowest BCUT2D eigenvalue weighted by molar-refractivity contribution is -0.143. The molecule has 1 aliphatic rings. The van der Waals surface area contributed by atoms with Crippen LogP contribution >= 0.6 is 23.1 Å². The molecule has 1 atom stereocenters. The van der Waals surface area contributed by atoms with Crippen molar-refractivity contribution in [3.63, 3.8) is 0 Å². The van der Waals surface area contributed by atoms with Crippen molar-refractivity contribution < 1.29 is 13.9 Å². The molecule has 0 saturated heterocycles. The number of carbonyl (C=O) groups is 1. The van der Waals surface area contributed by atoms with E-state index < -0.39 is 12.0 Å². The maximum absolute atomic E-state index is 13.7. The van der Waals surface area contributed by atoms with Crippen LogP contribution in [0.25, 0.3) is 6.08 Å². The molecular formula is C28H24N2O4S2. The Morgan fingerprint density at radius 2 is 1.78 bits per heavy atom. The number of allylic oxidation sites excluding steroid dienone is 1. The lowest BCUT2D eigenvalue weighted by Gasteiger charge is -2.25. The summed E-state index contributed by atoms with van der Waals surface area (Å²) >= 11 is 2.79. The molecule has 0 bridgehead atoms. The zero-order valence-corrected chi connectivity index (χ0v) is 21.6. The van der Waals surface area contributed by atoms with E-state index in [4.69, 9.17) is 9.15 Å². The second kappa shape index (κ2) is 10.2. The van der Waals surface area contributed by atoms with E-state index in [2.05, 4.69) is 4.99 Å². The molecule has 2 aromatic carbocycles. The van der Waals surface area contributed by atoms with Crippen molar-refractivity contribution in [2.24, 2.45) is 4.99 Å². The van der Waals surface area contributed by atoms with Gasteiger partial charge in [0.15, 0.2) is 9.89 Å². The van der Waals surface area contributed by atoms with E-state index >= 15 is 0 Å². The van der Waals surface area contributed by atoms with Crippen LogP contribution in [0.5, 0.6) is 0 Å². The number of thiazole rings is 1. The Hall–Kier alpha value is -3.62. The smallest absolute Gasteiger partial charge is 0.338 e. The SMILES string of the molecule is CC1=C(C(=O)OC(C)C)C(c2ccccc2)n2c(sc(=Cc3ccc(Sc4ccccc4)o3)c2=O)=N1. The van der Waals surface area contributed by atoms with Gasteiger partial charge in [-0.25, -0.2) is 9.79 Å². The van der Waals surface area contributed by atoms with E-state index in [0.717, 1.165) is 15.6 Å². The third-order valence-corrected chi connectivity index (χ3v) is 7.45. The number of aromatic nitrogens is 1. The number of rotatable bonds is 6. The molecule has 3 heterocycles. The zero-order chi connectivity index (χ0) is 25.2. The highest BCUT2D eigenvalue weighted by atomic mass is 32.2. The van der Waals surface area contributed by atoms with Crippen LogP contribution in [0.15, 0.2) is 108 Å². The Kier molecular flexibility index (Phi) is 6.80. The first-order valence-electron chi connectivity index (χ1n) is 11.5. The highest BCUT2D eigenvalue weighted by Gasteiger charge is 2.33. The summed E-state index contributed by atoms with van der Waals surface area (Å²) in [5.74, 6) is 0.105. The van der Waals surface area contributed by atoms with Crippen molar-refractivity contribution >= 4 is 35.1 Å². The Bertz CT molecular complexity index is 1610. The summed E-state index contributed by atoms with van der Waals surface area (Å²) in [5, 5.41) is 0.733. The number of hydrogen-bond donors (Lipinski definition) is 0. The van der Waals surface area contributed by atoms with E-state index in [1.165, 1.54) is 23.1 Å². The molecule has 0 aliphatic carbocycles. The van der Waals surface area contributed by atoms with Crippen molar-refractivity contribution in [2.45, 2.75) is 42.9 Å². The average Bonchev–Trinajstić information content (AvgIpc) is 3.42. The third kappa shape index (κ3) is 4.87. The number of benzene rings is 2. The largest absolute Gasteiger partial charge is 0.459 e. The Morgan fingerprint density at radius 1 is 1.08 bits per heavy atom. The van der Waals surface area contributed by atoms with Gasteiger partial charge in [0.2, 0.25) is 0 Å². The minimum Gasteiger partial charge on any atom is -0.459 e. The fourth-order valence-corrected chi connectivity index (χ4v) is 5.84. The number of ether oxygens (including phenoxy) is 1. The van der Waals surface area contributed by atoms with Gasteiger partial charge in [-0.1, -0.05) is 71.6 Å². The second-order valence-corrected chi connectivity index (χ2v) is 10.6. The van der Waals surface area contributed by atoms with E-state index in [9.17, 15) is 9.59 Å². The molecule has 1 aliphatic heterocycles. The predicted octanol–water partition coefficient (Wildman–Crippen LogP) is 4.93. The molecule has 1 unspecified atom stereocenters. The van der Waals surface area contributed by atoms with Gasteiger partial charge in [-0.15, -0.1) is 0 Å². The standard InChI is InChI=1S/C28H24N2O4S2/c1-17(2)33-27(32)24-18(3)29-28-30(25(24)19-10-6-4-7-11-19)26(31)22(36-28)16-20-14-15-23(34-20)35-21-12-8-5-9-13-21/h4-17,25H,1-3H3. The van der Waals surface area contributed by atoms with Crippen molar-refractivity contribution in [1.82, 2.24) is 4.57 Å². The van der Waals surface area contributed by atoms with Gasteiger partial charge in [-0.3, -0.25) is 9.36 Å². The first-order chi connectivity index (χ1) is 17.4. The highest BCUT2D eigenvalue weighted by molar-refractivity contribution is 7.99. The number of esters is 1. The minimum atomic E-state index is -0.628. The molecule has 36 heavy (non-hydrogen) atoms. The van der Waals surface area contributed by atoms with Crippen molar-refractivity contribution in [3.05, 3.63) is 115 Å². The van der Waals surface area contributed by atoms with Gasteiger partial charge in [0.25, 0.3) is 5.56 Å².